The van der Waals surface area contributed by atoms with Gasteiger partial charge in [0.15, 0.2) is 0 Å². The van der Waals surface area contributed by atoms with Gasteiger partial charge in [-0.2, -0.15) is 5.10 Å². The van der Waals surface area contributed by atoms with Crippen molar-refractivity contribution in [1.29, 1.82) is 0 Å². The van der Waals surface area contributed by atoms with Gasteiger partial charge in [0.2, 0.25) is 0 Å². The molecule has 2 heterocycles. The molecule has 0 atom stereocenters. The Morgan fingerprint density at radius 3 is 2.34 bits per heavy atom. The van der Waals surface area contributed by atoms with Crippen molar-refractivity contribution in [2.45, 2.75) is 6.42 Å². The van der Waals surface area contributed by atoms with Crippen LogP contribution in [-0.2, 0) is 4.84 Å². The zero-order chi connectivity index (χ0) is 19.5. The van der Waals surface area contributed by atoms with Crippen molar-refractivity contribution in [3.63, 3.8) is 0 Å². The summed E-state index contributed by atoms with van der Waals surface area (Å²) in [5, 5.41) is 8.55. The first-order valence-corrected chi connectivity index (χ1v) is 9.63. The number of benzene rings is 3. The van der Waals surface area contributed by atoms with Crippen LogP contribution in [0.1, 0.15) is 12.0 Å². The highest BCUT2D eigenvalue weighted by molar-refractivity contribution is 6.02. The maximum atomic E-state index is 5.20. The van der Waals surface area contributed by atoms with Crippen molar-refractivity contribution in [2.75, 3.05) is 11.5 Å². The highest BCUT2D eigenvalue weighted by Crippen LogP contribution is 2.35. The second-order valence-electron chi connectivity index (χ2n) is 6.81. The molecule has 0 unspecified atom stereocenters. The number of rotatable bonds is 5. The SMILES string of the molecule is c1ccc(N(c2cccc(C3=NOCC3)c2)c2cccc(-n3cccn3)c2)cc1. The van der Waals surface area contributed by atoms with Crippen molar-refractivity contribution in [3.8, 4) is 5.69 Å². The molecular formula is C24H20N4O. The van der Waals surface area contributed by atoms with E-state index in [9.17, 15) is 0 Å². The van der Waals surface area contributed by atoms with Gasteiger partial charge in [-0.05, 0) is 48.5 Å². The van der Waals surface area contributed by atoms with E-state index in [4.69, 9.17) is 4.84 Å². The van der Waals surface area contributed by atoms with Crippen LogP contribution in [0.4, 0.5) is 17.1 Å². The van der Waals surface area contributed by atoms with Gasteiger partial charge in [0, 0.05) is 41.4 Å². The summed E-state index contributed by atoms with van der Waals surface area (Å²) in [4.78, 5) is 7.45. The van der Waals surface area contributed by atoms with Gasteiger partial charge in [0.05, 0.1) is 11.4 Å². The Hall–Kier alpha value is -3.86. The summed E-state index contributed by atoms with van der Waals surface area (Å²) < 4.78 is 1.87. The third-order valence-corrected chi connectivity index (χ3v) is 4.91. The molecule has 0 fully saturated rings. The van der Waals surface area contributed by atoms with Gasteiger partial charge in [0.1, 0.15) is 6.61 Å². The highest BCUT2D eigenvalue weighted by atomic mass is 16.6. The maximum Gasteiger partial charge on any atom is 0.122 e. The van der Waals surface area contributed by atoms with Crippen LogP contribution < -0.4 is 4.90 Å². The molecule has 3 aromatic carbocycles. The minimum atomic E-state index is 0.647. The number of aromatic nitrogens is 2. The third-order valence-electron chi connectivity index (χ3n) is 4.91. The molecule has 0 N–H and O–H groups in total. The Labute approximate surface area is 169 Å². The van der Waals surface area contributed by atoms with Gasteiger partial charge >= 0.3 is 0 Å². The van der Waals surface area contributed by atoms with Crippen LogP contribution >= 0.6 is 0 Å². The third kappa shape index (κ3) is 3.50. The van der Waals surface area contributed by atoms with Gasteiger partial charge in [-0.3, -0.25) is 0 Å². The predicted molar refractivity (Wildman–Crippen MR) is 115 cm³/mol. The Morgan fingerprint density at radius 1 is 0.793 bits per heavy atom. The molecule has 0 saturated carbocycles. The molecule has 1 aliphatic heterocycles. The fraction of sp³-hybridized carbons (Fsp3) is 0.0833. The van der Waals surface area contributed by atoms with Crippen LogP contribution in [-0.4, -0.2) is 22.1 Å². The monoisotopic (exact) mass is 380 g/mol. The van der Waals surface area contributed by atoms with Gasteiger partial charge in [-0.25, -0.2) is 4.68 Å². The lowest BCUT2D eigenvalue weighted by molar-refractivity contribution is 0.174. The van der Waals surface area contributed by atoms with Gasteiger partial charge in [-0.1, -0.05) is 41.6 Å². The van der Waals surface area contributed by atoms with E-state index in [1.165, 1.54) is 0 Å². The lowest BCUT2D eigenvalue weighted by Gasteiger charge is -2.26. The molecule has 0 spiro atoms. The van der Waals surface area contributed by atoms with Crippen LogP contribution in [0.25, 0.3) is 5.69 Å². The molecule has 0 radical (unpaired) electrons. The average Bonchev–Trinajstić information content (AvgIpc) is 3.50. The van der Waals surface area contributed by atoms with E-state index in [2.05, 4.69) is 88.0 Å². The second kappa shape index (κ2) is 7.64. The van der Waals surface area contributed by atoms with Crippen LogP contribution in [0.3, 0.4) is 0 Å². The van der Waals surface area contributed by atoms with E-state index >= 15 is 0 Å². The molecule has 1 aromatic heterocycles. The number of hydrogen-bond acceptors (Lipinski definition) is 4. The molecule has 0 amide bonds. The number of oxime groups is 1. The van der Waals surface area contributed by atoms with Gasteiger partial charge < -0.3 is 9.74 Å². The molecule has 5 heteroatoms. The summed E-state index contributed by atoms with van der Waals surface area (Å²) in [6.07, 6.45) is 4.57. The average molecular weight is 380 g/mol. The van der Waals surface area contributed by atoms with Crippen LogP contribution in [0.5, 0.6) is 0 Å². The Bertz CT molecular complexity index is 1140. The Morgan fingerprint density at radius 2 is 1.59 bits per heavy atom. The van der Waals surface area contributed by atoms with Crippen molar-refractivity contribution >= 4 is 22.8 Å². The fourth-order valence-electron chi connectivity index (χ4n) is 3.55. The Kier molecular flexibility index (Phi) is 4.54. The van der Waals surface area contributed by atoms with Crippen molar-refractivity contribution < 1.29 is 4.84 Å². The first-order chi connectivity index (χ1) is 14.4. The zero-order valence-corrected chi connectivity index (χ0v) is 15.8. The Balaban J connectivity index is 1.62. The van der Waals surface area contributed by atoms with Crippen molar-refractivity contribution in [3.05, 3.63) is 103 Å². The molecule has 4 aromatic rings. The minimum Gasteiger partial charge on any atom is -0.395 e. The first-order valence-electron chi connectivity index (χ1n) is 9.63. The summed E-state index contributed by atoms with van der Waals surface area (Å²) in [7, 11) is 0. The molecule has 142 valence electrons. The zero-order valence-electron chi connectivity index (χ0n) is 15.8. The molecule has 5 rings (SSSR count). The molecule has 0 saturated heterocycles. The molecule has 5 nitrogen and oxygen atoms in total. The number of para-hydroxylation sites is 1. The smallest absolute Gasteiger partial charge is 0.122 e. The van der Waals surface area contributed by atoms with E-state index in [1.54, 1.807) is 6.20 Å². The number of nitrogens with zero attached hydrogens (tertiary/aromatic N) is 4. The first kappa shape index (κ1) is 17.3. The number of anilines is 3. The quantitative estimate of drug-likeness (QED) is 0.461. The lowest BCUT2D eigenvalue weighted by atomic mass is 10.1. The maximum absolute atomic E-state index is 5.20. The normalized spacial score (nSPS) is 13.0. The summed E-state index contributed by atoms with van der Waals surface area (Å²) >= 11 is 0. The van der Waals surface area contributed by atoms with Crippen LogP contribution in [0.2, 0.25) is 0 Å². The van der Waals surface area contributed by atoms with E-state index in [0.717, 1.165) is 40.4 Å². The standard InChI is InChI=1S/C24H20N4O/c1-2-8-20(9-3-1)28(22-11-4-7-19(17-22)24-13-16-29-26-24)23-12-5-10-21(18-23)27-15-6-14-25-27/h1-12,14-15,17-18H,13,16H2. The number of hydrogen-bond donors (Lipinski definition) is 0. The van der Waals surface area contributed by atoms with E-state index < -0.39 is 0 Å². The van der Waals surface area contributed by atoms with Crippen LogP contribution in [0, 0.1) is 0 Å². The topological polar surface area (TPSA) is 42.6 Å². The van der Waals surface area contributed by atoms with Crippen molar-refractivity contribution in [2.24, 2.45) is 5.16 Å². The van der Waals surface area contributed by atoms with Gasteiger partial charge in [0.25, 0.3) is 0 Å². The summed E-state index contributed by atoms with van der Waals surface area (Å²) in [5.41, 5.74) is 6.31. The minimum absolute atomic E-state index is 0.647. The summed E-state index contributed by atoms with van der Waals surface area (Å²) in [5.74, 6) is 0. The predicted octanol–water partition coefficient (Wildman–Crippen LogP) is 5.47. The van der Waals surface area contributed by atoms with E-state index in [1.807, 2.05) is 23.0 Å². The summed E-state index contributed by atoms with van der Waals surface area (Å²) in [6.45, 7) is 0.647. The second-order valence-corrected chi connectivity index (χ2v) is 6.81. The van der Waals surface area contributed by atoms with Crippen LogP contribution in [0.15, 0.2) is 102 Å². The molecule has 1 aliphatic rings. The van der Waals surface area contributed by atoms with E-state index in [0.29, 0.717) is 6.61 Å². The molecule has 29 heavy (non-hydrogen) atoms. The fourth-order valence-corrected chi connectivity index (χ4v) is 3.55. The highest BCUT2D eigenvalue weighted by Gasteiger charge is 2.16. The summed E-state index contributed by atoms with van der Waals surface area (Å²) in [6, 6.07) is 29.1. The molecule has 0 aliphatic carbocycles. The van der Waals surface area contributed by atoms with Gasteiger partial charge in [-0.15, -0.1) is 0 Å². The van der Waals surface area contributed by atoms with Crippen molar-refractivity contribution in [1.82, 2.24) is 9.78 Å². The van der Waals surface area contributed by atoms with E-state index in [-0.39, 0.29) is 0 Å². The molecule has 0 bridgehead atoms. The largest absolute Gasteiger partial charge is 0.395 e. The lowest BCUT2D eigenvalue weighted by Crippen LogP contribution is -2.11. The molecular weight excluding hydrogens is 360 g/mol.